The van der Waals surface area contributed by atoms with Crippen LogP contribution in [0.1, 0.15) is 61.5 Å². The predicted molar refractivity (Wildman–Crippen MR) is 192 cm³/mol. The maximum atomic E-state index is 14.4. The van der Waals surface area contributed by atoms with Crippen molar-refractivity contribution in [3.8, 4) is 5.75 Å². The molecule has 52 heavy (non-hydrogen) atoms. The van der Waals surface area contributed by atoms with E-state index in [2.05, 4.69) is 10.0 Å². The quantitative estimate of drug-likeness (QED) is 0.231. The number of urea groups is 1. The van der Waals surface area contributed by atoms with Gasteiger partial charge in [0.05, 0.1) is 40.9 Å². The molecule has 3 N–H and O–H groups in total. The Morgan fingerprint density at radius 3 is 2.33 bits per heavy atom. The second-order valence-corrected chi connectivity index (χ2v) is 15.0. The number of halogens is 3. The molecule has 3 aromatic rings. The number of carbonyl (C=O) groups excluding carboxylic acids is 2. The van der Waals surface area contributed by atoms with Crippen LogP contribution in [0.15, 0.2) is 71.6 Å². The predicted octanol–water partition coefficient (Wildman–Crippen LogP) is 6.77. The van der Waals surface area contributed by atoms with E-state index in [1.165, 1.54) is 53.2 Å². The summed E-state index contributed by atoms with van der Waals surface area (Å²) >= 11 is 0. The first kappa shape index (κ1) is 40.4. The van der Waals surface area contributed by atoms with E-state index in [9.17, 15) is 36.3 Å². The van der Waals surface area contributed by atoms with Crippen molar-refractivity contribution < 1.29 is 45.8 Å². The summed E-state index contributed by atoms with van der Waals surface area (Å²) in [4.78, 5) is 30.4. The summed E-state index contributed by atoms with van der Waals surface area (Å²) in [6, 6.07) is 13.8. The summed E-state index contributed by atoms with van der Waals surface area (Å²) in [5.41, 5.74) is 0.506. The number of anilines is 2. The van der Waals surface area contributed by atoms with Gasteiger partial charge in [0.25, 0.3) is 15.9 Å². The lowest BCUT2D eigenvalue weighted by Gasteiger charge is -2.35. The molecule has 0 saturated heterocycles. The molecule has 3 amide bonds. The van der Waals surface area contributed by atoms with Crippen molar-refractivity contribution in [3.05, 3.63) is 83.4 Å². The lowest BCUT2D eigenvalue weighted by atomic mass is 10.0. The number of fused-ring (bicyclic) bond motifs is 1. The number of carbonyl (C=O) groups is 2. The normalized spacial score (nSPS) is 19.8. The third kappa shape index (κ3) is 10.8. The third-order valence-corrected chi connectivity index (χ3v) is 10.3. The summed E-state index contributed by atoms with van der Waals surface area (Å²) in [5.74, 6) is -0.618. The number of hydrogen-bond donors (Lipinski definition) is 3. The van der Waals surface area contributed by atoms with Crippen molar-refractivity contribution in [2.45, 2.75) is 76.3 Å². The fourth-order valence-corrected chi connectivity index (χ4v) is 6.74. The summed E-state index contributed by atoms with van der Waals surface area (Å²) in [6.45, 7) is 7.43. The van der Waals surface area contributed by atoms with Crippen LogP contribution in [0.5, 0.6) is 5.75 Å². The SMILES string of the molecule is Cc1ccc(S(=O)(=O)Nc2ccc3c(c2)C(=O)N([C@@H](C)CO)C[C@H](C)[C@@H](CN(C)C(=O)Nc2ccc(C(F)(F)F)cc2)OCCCC[C@H](C)O3)cc1. The smallest absolute Gasteiger partial charge is 0.416 e. The van der Waals surface area contributed by atoms with Gasteiger partial charge >= 0.3 is 12.2 Å². The van der Waals surface area contributed by atoms with Crippen molar-refractivity contribution in [3.63, 3.8) is 0 Å². The number of benzene rings is 3. The lowest BCUT2D eigenvalue weighted by Crippen LogP contribution is -2.48. The average Bonchev–Trinajstić information content (AvgIpc) is 3.09. The molecule has 0 aromatic heterocycles. The van der Waals surface area contributed by atoms with Gasteiger partial charge in [-0.3, -0.25) is 9.52 Å². The average molecular weight is 749 g/mol. The molecule has 11 nitrogen and oxygen atoms in total. The highest BCUT2D eigenvalue weighted by Crippen LogP contribution is 2.31. The Kier molecular flexibility index (Phi) is 13.6. The first-order valence-corrected chi connectivity index (χ1v) is 18.6. The second kappa shape index (κ2) is 17.5. The number of rotatable bonds is 8. The summed E-state index contributed by atoms with van der Waals surface area (Å²) in [5, 5.41) is 12.8. The van der Waals surface area contributed by atoms with Crippen LogP contribution >= 0.6 is 0 Å². The second-order valence-electron chi connectivity index (χ2n) is 13.3. The highest BCUT2D eigenvalue weighted by molar-refractivity contribution is 7.92. The highest BCUT2D eigenvalue weighted by Gasteiger charge is 2.32. The summed E-state index contributed by atoms with van der Waals surface area (Å²) in [6.07, 6.45) is -3.34. The van der Waals surface area contributed by atoms with E-state index in [1.807, 2.05) is 20.8 Å². The van der Waals surface area contributed by atoms with Gasteiger partial charge in [0.2, 0.25) is 0 Å². The molecule has 284 valence electrons. The Balaban J connectivity index is 1.59. The first-order valence-electron chi connectivity index (χ1n) is 17.1. The van der Waals surface area contributed by atoms with Crippen molar-refractivity contribution in [1.29, 1.82) is 0 Å². The van der Waals surface area contributed by atoms with Gasteiger partial charge in [-0.15, -0.1) is 0 Å². The number of hydrogen-bond acceptors (Lipinski definition) is 7. The number of likely N-dealkylation sites (N-methyl/N-ethyl adjacent to an activating group) is 1. The molecule has 0 bridgehead atoms. The van der Waals surface area contributed by atoms with E-state index < -0.39 is 45.8 Å². The van der Waals surface area contributed by atoms with E-state index in [0.717, 1.165) is 24.1 Å². The Morgan fingerprint density at radius 2 is 1.69 bits per heavy atom. The van der Waals surface area contributed by atoms with E-state index in [-0.39, 0.29) is 59.3 Å². The molecule has 1 aliphatic rings. The zero-order chi connectivity index (χ0) is 38.2. The Labute approximate surface area is 303 Å². The molecule has 0 spiro atoms. The summed E-state index contributed by atoms with van der Waals surface area (Å²) in [7, 11) is -2.45. The zero-order valence-electron chi connectivity index (χ0n) is 29.9. The molecule has 4 rings (SSSR count). The molecule has 0 saturated carbocycles. The molecule has 1 aliphatic heterocycles. The molecule has 0 aliphatic carbocycles. The van der Waals surface area contributed by atoms with Gasteiger partial charge in [-0.1, -0.05) is 24.6 Å². The molecule has 15 heteroatoms. The monoisotopic (exact) mass is 748 g/mol. The van der Waals surface area contributed by atoms with Crippen LogP contribution in [0.3, 0.4) is 0 Å². The van der Waals surface area contributed by atoms with Crippen LogP contribution < -0.4 is 14.8 Å². The van der Waals surface area contributed by atoms with Crippen molar-refractivity contribution in [2.75, 3.05) is 43.4 Å². The number of aryl methyl sites for hydroxylation is 1. The largest absolute Gasteiger partial charge is 0.490 e. The molecular formula is C37H47F3N4O7S. The summed E-state index contributed by atoms with van der Waals surface area (Å²) < 4.78 is 80.5. The van der Waals surface area contributed by atoms with Crippen LogP contribution in [0, 0.1) is 12.8 Å². The van der Waals surface area contributed by atoms with E-state index in [1.54, 1.807) is 25.1 Å². The molecule has 4 atom stereocenters. The number of sulfonamides is 1. The van der Waals surface area contributed by atoms with Gasteiger partial charge in [0, 0.05) is 44.0 Å². The number of nitrogens with zero attached hydrogens (tertiary/aromatic N) is 2. The van der Waals surface area contributed by atoms with Gasteiger partial charge in [-0.25, -0.2) is 13.2 Å². The molecule has 0 fully saturated rings. The molecular weight excluding hydrogens is 701 g/mol. The lowest BCUT2D eigenvalue weighted by molar-refractivity contribution is -0.137. The fraction of sp³-hybridized carbons (Fsp3) is 0.459. The van der Waals surface area contributed by atoms with Gasteiger partial charge in [-0.2, -0.15) is 13.2 Å². The van der Waals surface area contributed by atoms with Crippen LogP contribution in [0.4, 0.5) is 29.3 Å². The van der Waals surface area contributed by atoms with Gasteiger partial charge in [0.15, 0.2) is 0 Å². The van der Waals surface area contributed by atoms with E-state index >= 15 is 0 Å². The van der Waals surface area contributed by atoms with E-state index in [0.29, 0.717) is 19.4 Å². The topological polar surface area (TPSA) is 138 Å². The van der Waals surface area contributed by atoms with Gasteiger partial charge < -0.3 is 29.7 Å². The van der Waals surface area contributed by atoms with Crippen molar-refractivity contribution >= 4 is 33.3 Å². The molecule has 0 radical (unpaired) electrons. The molecule has 3 aromatic carbocycles. The highest BCUT2D eigenvalue weighted by atomic mass is 32.2. The standard InChI is InChI=1S/C37H47F3N4O7S/c1-24-9-16-31(17-10-24)52(48,49)42-30-15-18-33-32(20-30)35(46)44(26(3)23-45)21-25(2)34(50-19-7-6-8-27(4)51-33)22-43(5)36(47)41-29-13-11-28(12-14-29)37(38,39)40/h9-18,20,25-27,34,42,45H,6-8,19,21-23H2,1-5H3,(H,41,47)/t25-,26-,27-,34+/m0/s1. The van der Waals surface area contributed by atoms with Crippen LogP contribution in [-0.4, -0.2) is 86.9 Å². The van der Waals surface area contributed by atoms with Gasteiger partial charge in [0.1, 0.15) is 5.75 Å². The minimum absolute atomic E-state index is 0.0581. The Morgan fingerprint density at radius 1 is 1.04 bits per heavy atom. The maximum Gasteiger partial charge on any atom is 0.416 e. The molecule has 1 heterocycles. The van der Waals surface area contributed by atoms with Crippen LogP contribution in [0.25, 0.3) is 0 Å². The van der Waals surface area contributed by atoms with Crippen LogP contribution in [-0.2, 0) is 20.9 Å². The maximum absolute atomic E-state index is 14.4. The minimum atomic E-state index is -4.50. The van der Waals surface area contributed by atoms with Gasteiger partial charge in [-0.05, 0) is 94.6 Å². The Hall–Kier alpha value is -4.34. The van der Waals surface area contributed by atoms with Crippen molar-refractivity contribution in [1.82, 2.24) is 9.80 Å². The third-order valence-electron chi connectivity index (χ3n) is 8.90. The number of ether oxygens (including phenoxy) is 2. The minimum Gasteiger partial charge on any atom is -0.490 e. The zero-order valence-corrected chi connectivity index (χ0v) is 30.8. The van der Waals surface area contributed by atoms with Crippen molar-refractivity contribution in [2.24, 2.45) is 5.92 Å². The Bertz CT molecular complexity index is 1770. The number of nitrogens with one attached hydrogen (secondary N) is 2. The number of aliphatic hydroxyl groups is 1. The number of amides is 3. The number of aliphatic hydroxyl groups excluding tert-OH is 1. The first-order chi connectivity index (χ1) is 24.5. The van der Waals surface area contributed by atoms with E-state index in [4.69, 9.17) is 9.47 Å². The molecule has 0 unspecified atom stereocenters. The number of alkyl halides is 3. The van der Waals surface area contributed by atoms with Crippen LogP contribution in [0.2, 0.25) is 0 Å². The fourth-order valence-electron chi connectivity index (χ4n) is 5.69.